The van der Waals surface area contributed by atoms with Crippen molar-refractivity contribution in [3.8, 4) is 17.2 Å². The van der Waals surface area contributed by atoms with Gasteiger partial charge in [-0.1, -0.05) is 24.3 Å². The van der Waals surface area contributed by atoms with E-state index in [9.17, 15) is 4.79 Å². The molecule has 0 spiro atoms. The summed E-state index contributed by atoms with van der Waals surface area (Å²) in [4.78, 5) is 12.2. The maximum absolute atomic E-state index is 12.2. The number of ether oxygens (including phenoxy) is 4. The lowest BCUT2D eigenvalue weighted by atomic mass is 10.1. The van der Waals surface area contributed by atoms with Crippen molar-refractivity contribution in [1.29, 1.82) is 0 Å². The van der Waals surface area contributed by atoms with Crippen molar-refractivity contribution in [3.05, 3.63) is 59.7 Å². The molecule has 0 radical (unpaired) electrons. The molecule has 0 bridgehead atoms. The minimum atomic E-state index is -0.306. The molecule has 0 saturated heterocycles. The summed E-state index contributed by atoms with van der Waals surface area (Å²) < 4.78 is 21.3. The number of rotatable bonds is 9. The van der Waals surface area contributed by atoms with E-state index in [1.54, 1.807) is 46.6 Å². The molecule has 0 aliphatic heterocycles. The van der Waals surface area contributed by atoms with Gasteiger partial charge in [-0.3, -0.25) is 4.79 Å². The number of carbonyl (C=O) groups is 1. The minimum Gasteiger partial charge on any atom is -0.496 e. The van der Waals surface area contributed by atoms with Crippen LogP contribution in [-0.4, -0.2) is 40.9 Å². The maximum Gasteiger partial charge on any atom is 0.244 e. The molecule has 0 aromatic heterocycles. The van der Waals surface area contributed by atoms with Crippen molar-refractivity contribution in [2.45, 2.75) is 6.10 Å². The fraction of sp³-hybridized carbons (Fsp3) is 0.286. The molecule has 1 N–H and O–H groups in total. The summed E-state index contributed by atoms with van der Waals surface area (Å²) in [7, 11) is 6.36. The van der Waals surface area contributed by atoms with Crippen molar-refractivity contribution >= 4 is 12.0 Å². The number of hydrogen-bond acceptors (Lipinski definition) is 5. The Morgan fingerprint density at radius 3 is 2.33 bits per heavy atom. The Morgan fingerprint density at radius 1 is 0.963 bits per heavy atom. The largest absolute Gasteiger partial charge is 0.496 e. The molecule has 1 amide bonds. The van der Waals surface area contributed by atoms with Gasteiger partial charge in [-0.2, -0.15) is 0 Å². The normalized spacial score (nSPS) is 11.9. The van der Waals surface area contributed by atoms with E-state index in [0.29, 0.717) is 18.0 Å². The highest BCUT2D eigenvalue weighted by molar-refractivity contribution is 5.91. The van der Waals surface area contributed by atoms with E-state index in [-0.39, 0.29) is 12.0 Å². The van der Waals surface area contributed by atoms with Crippen LogP contribution in [0.5, 0.6) is 17.2 Å². The van der Waals surface area contributed by atoms with Gasteiger partial charge in [0, 0.05) is 25.3 Å². The third kappa shape index (κ3) is 5.49. The first kappa shape index (κ1) is 20.3. The van der Waals surface area contributed by atoms with Crippen molar-refractivity contribution in [2.75, 3.05) is 35.0 Å². The van der Waals surface area contributed by atoms with Gasteiger partial charge in [-0.05, 0) is 29.8 Å². The fourth-order valence-corrected chi connectivity index (χ4v) is 2.63. The molecule has 0 aliphatic carbocycles. The van der Waals surface area contributed by atoms with Crippen LogP contribution in [0.3, 0.4) is 0 Å². The van der Waals surface area contributed by atoms with E-state index >= 15 is 0 Å². The summed E-state index contributed by atoms with van der Waals surface area (Å²) in [6, 6.07) is 13.0. The third-order valence-electron chi connectivity index (χ3n) is 4.07. The highest BCUT2D eigenvalue weighted by atomic mass is 16.5. The highest BCUT2D eigenvalue weighted by Crippen LogP contribution is 2.28. The smallest absolute Gasteiger partial charge is 0.244 e. The average molecular weight is 371 g/mol. The number of para-hydroxylation sites is 1. The van der Waals surface area contributed by atoms with Crippen LogP contribution in [-0.2, 0) is 9.53 Å². The summed E-state index contributed by atoms with van der Waals surface area (Å²) in [5, 5.41) is 2.84. The van der Waals surface area contributed by atoms with Crippen LogP contribution in [0.25, 0.3) is 6.08 Å². The minimum absolute atomic E-state index is 0.221. The van der Waals surface area contributed by atoms with Gasteiger partial charge in [-0.25, -0.2) is 0 Å². The number of hydrogen-bond donors (Lipinski definition) is 1. The standard InChI is InChI=1S/C21H25NO5/c1-24-17-8-6-5-7-16(17)20(27-4)14-22-21(23)12-10-15-9-11-18(25-2)19(13-15)26-3/h5-13,20H,14H2,1-4H3,(H,22,23)/b12-10+. The Kier molecular flexibility index (Phi) is 7.70. The number of nitrogens with one attached hydrogen (secondary N) is 1. The Morgan fingerprint density at radius 2 is 1.67 bits per heavy atom. The molecule has 0 fully saturated rings. The Balaban J connectivity index is 1.99. The number of benzene rings is 2. The van der Waals surface area contributed by atoms with Gasteiger partial charge < -0.3 is 24.3 Å². The summed E-state index contributed by atoms with van der Waals surface area (Å²) in [5.74, 6) is 1.75. The van der Waals surface area contributed by atoms with Crippen LogP contribution < -0.4 is 19.5 Å². The van der Waals surface area contributed by atoms with E-state index in [1.807, 2.05) is 30.3 Å². The lowest BCUT2D eigenvalue weighted by Crippen LogP contribution is -2.27. The van der Waals surface area contributed by atoms with E-state index < -0.39 is 0 Å². The monoisotopic (exact) mass is 371 g/mol. The highest BCUT2D eigenvalue weighted by Gasteiger charge is 2.15. The van der Waals surface area contributed by atoms with Crippen LogP contribution in [0.15, 0.2) is 48.5 Å². The van der Waals surface area contributed by atoms with Crippen LogP contribution in [0.1, 0.15) is 17.2 Å². The number of methoxy groups -OCH3 is 4. The van der Waals surface area contributed by atoms with Gasteiger partial charge in [0.2, 0.25) is 5.91 Å². The first-order valence-corrected chi connectivity index (χ1v) is 8.46. The summed E-state index contributed by atoms with van der Waals surface area (Å²) >= 11 is 0. The van der Waals surface area contributed by atoms with E-state index in [1.165, 1.54) is 6.08 Å². The quantitative estimate of drug-likeness (QED) is 0.686. The SMILES string of the molecule is COc1ccc(/C=C/C(=O)NCC(OC)c2ccccc2OC)cc1OC. The molecule has 144 valence electrons. The lowest BCUT2D eigenvalue weighted by molar-refractivity contribution is -0.117. The second kappa shape index (κ2) is 10.2. The molecule has 1 atom stereocenters. The van der Waals surface area contributed by atoms with Crippen molar-refractivity contribution in [2.24, 2.45) is 0 Å². The van der Waals surface area contributed by atoms with Gasteiger partial charge in [0.15, 0.2) is 11.5 Å². The molecular formula is C21H25NO5. The van der Waals surface area contributed by atoms with Crippen molar-refractivity contribution < 1.29 is 23.7 Å². The second-order valence-corrected chi connectivity index (χ2v) is 5.66. The molecule has 6 heteroatoms. The summed E-state index contributed by atoms with van der Waals surface area (Å²) in [5.41, 5.74) is 1.71. The van der Waals surface area contributed by atoms with E-state index in [4.69, 9.17) is 18.9 Å². The molecule has 0 heterocycles. The molecule has 0 saturated carbocycles. The zero-order valence-electron chi connectivity index (χ0n) is 16.0. The zero-order chi connectivity index (χ0) is 19.6. The van der Waals surface area contributed by atoms with Gasteiger partial charge in [-0.15, -0.1) is 0 Å². The van der Waals surface area contributed by atoms with Crippen LogP contribution >= 0.6 is 0 Å². The van der Waals surface area contributed by atoms with E-state index in [2.05, 4.69) is 5.32 Å². The third-order valence-corrected chi connectivity index (χ3v) is 4.07. The molecule has 2 rings (SSSR count). The van der Waals surface area contributed by atoms with Crippen LogP contribution in [0.2, 0.25) is 0 Å². The van der Waals surface area contributed by atoms with Gasteiger partial charge in [0.1, 0.15) is 11.9 Å². The molecule has 2 aromatic carbocycles. The Hall–Kier alpha value is -2.99. The fourth-order valence-electron chi connectivity index (χ4n) is 2.63. The first-order valence-electron chi connectivity index (χ1n) is 8.46. The lowest BCUT2D eigenvalue weighted by Gasteiger charge is -2.18. The van der Waals surface area contributed by atoms with E-state index in [0.717, 1.165) is 16.9 Å². The van der Waals surface area contributed by atoms with Gasteiger partial charge in [0.25, 0.3) is 0 Å². The summed E-state index contributed by atoms with van der Waals surface area (Å²) in [6.45, 7) is 0.325. The average Bonchev–Trinajstić information content (AvgIpc) is 2.72. The first-order chi connectivity index (χ1) is 13.1. The number of amides is 1. The number of carbonyl (C=O) groups excluding carboxylic acids is 1. The van der Waals surface area contributed by atoms with Crippen LogP contribution in [0, 0.1) is 0 Å². The summed E-state index contributed by atoms with van der Waals surface area (Å²) in [6.07, 6.45) is 2.87. The second-order valence-electron chi connectivity index (χ2n) is 5.66. The topological polar surface area (TPSA) is 66.0 Å². The molecule has 6 nitrogen and oxygen atoms in total. The van der Waals surface area contributed by atoms with Gasteiger partial charge >= 0.3 is 0 Å². The maximum atomic E-state index is 12.2. The van der Waals surface area contributed by atoms with Crippen LogP contribution in [0.4, 0.5) is 0 Å². The Bertz CT molecular complexity index is 788. The van der Waals surface area contributed by atoms with Crippen molar-refractivity contribution in [3.63, 3.8) is 0 Å². The van der Waals surface area contributed by atoms with Crippen molar-refractivity contribution in [1.82, 2.24) is 5.32 Å². The predicted octanol–water partition coefficient (Wildman–Crippen LogP) is 3.23. The van der Waals surface area contributed by atoms with Gasteiger partial charge in [0.05, 0.1) is 21.3 Å². The predicted molar refractivity (Wildman–Crippen MR) is 104 cm³/mol. The Labute approximate surface area is 159 Å². The molecule has 27 heavy (non-hydrogen) atoms. The molecule has 2 aromatic rings. The molecule has 0 aliphatic rings. The molecule has 1 unspecified atom stereocenters. The molecular weight excluding hydrogens is 346 g/mol. The zero-order valence-corrected chi connectivity index (χ0v) is 16.0.